The molecule has 142 valence electrons. The van der Waals surface area contributed by atoms with Gasteiger partial charge in [0.1, 0.15) is 11.6 Å². The van der Waals surface area contributed by atoms with Gasteiger partial charge in [0.25, 0.3) is 0 Å². The molecule has 1 aromatic heterocycles. The first-order chi connectivity index (χ1) is 13.2. The summed E-state index contributed by atoms with van der Waals surface area (Å²) in [5.74, 6) is 2.79. The third-order valence-corrected chi connectivity index (χ3v) is 4.47. The Morgan fingerprint density at radius 1 is 1.15 bits per heavy atom. The lowest BCUT2D eigenvalue weighted by atomic mass is 10.1. The Morgan fingerprint density at radius 3 is 2.81 bits per heavy atom. The quantitative estimate of drug-likeness (QED) is 0.847. The zero-order valence-corrected chi connectivity index (χ0v) is 15.2. The number of carbonyl (C=O) groups excluding carboxylic acids is 1. The lowest BCUT2D eigenvalue weighted by molar-refractivity contribution is -0.120. The van der Waals surface area contributed by atoms with Crippen LogP contribution < -0.4 is 19.7 Å². The van der Waals surface area contributed by atoms with Crippen LogP contribution in [0.15, 0.2) is 24.3 Å². The van der Waals surface area contributed by atoms with Crippen molar-refractivity contribution in [2.45, 2.75) is 19.9 Å². The number of carbonyl (C=O) groups is 1. The van der Waals surface area contributed by atoms with E-state index in [2.05, 4.69) is 20.2 Å². The Morgan fingerprint density at radius 2 is 1.96 bits per heavy atom. The van der Waals surface area contributed by atoms with Crippen molar-refractivity contribution in [1.82, 2.24) is 15.3 Å². The molecular formula is C19H22N4O4. The zero-order chi connectivity index (χ0) is 18.6. The second-order valence-electron chi connectivity index (χ2n) is 6.52. The summed E-state index contributed by atoms with van der Waals surface area (Å²) in [6.45, 7) is 5.47. The Labute approximate surface area is 157 Å². The van der Waals surface area contributed by atoms with Crippen LogP contribution in [0.25, 0.3) is 0 Å². The first-order valence-corrected chi connectivity index (χ1v) is 9.00. The van der Waals surface area contributed by atoms with Crippen molar-refractivity contribution < 1.29 is 19.0 Å². The number of amides is 1. The van der Waals surface area contributed by atoms with E-state index in [-0.39, 0.29) is 19.1 Å². The number of nitrogens with zero attached hydrogens (tertiary/aromatic N) is 3. The summed E-state index contributed by atoms with van der Waals surface area (Å²) in [5, 5.41) is 2.89. The summed E-state index contributed by atoms with van der Waals surface area (Å²) >= 11 is 0. The zero-order valence-electron chi connectivity index (χ0n) is 15.2. The average Bonchev–Trinajstić information content (AvgIpc) is 3.14. The molecule has 2 aromatic rings. The van der Waals surface area contributed by atoms with Crippen LogP contribution in [0.2, 0.25) is 0 Å². The lowest BCUT2D eigenvalue weighted by Gasteiger charge is -2.28. The van der Waals surface area contributed by atoms with Crippen LogP contribution in [0.1, 0.15) is 17.1 Å². The maximum absolute atomic E-state index is 12.3. The van der Waals surface area contributed by atoms with Crippen molar-refractivity contribution in [3.63, 3.8) is 0 Å². The van der Waals surface area contributed by atoms with E-state index < -0.39 is 0 Å². The van der Waals surface area contributed by atoms with Gasteiger partial charge in [0.15, 0.2) is 11.5 Å². The molecule has 0 bridgehead atoms. The Hall–Kier alpha value is -2.87. The summed E-state index contributed by atoms with van der Waals surface area (Å²) in [4.78, 5) is 23.5. The third kappa shape index (κ3) is 4.28. The van der Waals surface area contributed by atoms with E-state index in [4.69, 9.17) is 14.2 Å². The Kier molecular flexibility index (Phi) is 5.06. The van der Waals surface area contributed by atoms with Crippen LogP contribution in [0.5, 0.6) is 11.5 Å². The van der Waals surface area contributed by atoms with Crippen molar-refractivity contribution in [2.24, 2.45) is 0 Å². The molecule has 4 rings (SSSR count). The van der Waals surface area contributed by atoms with E-state index >= 15 is 0 Å². The van der Waals surface area contributed by atoms with Gasteiger partial charge in [-0.25, -0.2) is 9.97 Å². The van der Waals surface area contributed by atoms with Crippen LogP contribution in [0.3, 0.4) is 0 Å². The van der Waals surface area contributed by atoms with Crippen molar-refractivity contribution in [2.75, 3.05) is 38.0 Å². The minimum atomic E-state index is -0.0908. The summed E-state index contributed by atoms with van der Waals surface area (Å²) in [6.07, 6.45) is 0.263. The molecule has 1 fully saturated rings. The topological polar surface area (TPSA) is 85.8 Å². The van der Waals surface area contributed by atoms with Crippen molar-refractivity contribution in [3.8, 4) is 11.5 Å². The number of benzene rings is 1. The van der Waals surface area contributed by atoms with Gasteiger partial charge in [0, 0.05) is 24.8 Å². The molecule has 1 amide bonds. The van der Waals surface area contributed by atoms with Gasteiger partial charge in [-0.15, -0.1) is 0 Å². The monoisotopic (exact) mass is 370 g/mol. The van der Waals surface area contributed by atoms with Gasteiger partial charge >= 0.3 is 0 Å². The SMILES string of the molecule is Cc1cc(N2CCOCC2)nc(CNC(=O)Cc2ccc3c(c2)OCO3)n1. The van der Waals surface area contributed by atoms with Gasteiger partial charge in [-0.1, -0.05) is 6.07 Å². The highest BCUT2D eigenvalue weighted by atomic mass is 16.7. The second kappa shape index (κ2) is 7.79. The summed E-state index contributed by atoms with van der Waals surface area (Å²) in [5.41, 5.74) is 1.75. The van der Waals surface area contributed by atoms with Crippen molar-refractivity contribution in [3.05, 3.63) is 41.3 Å². The van der Waals surface area contributed by atoms with E-state index in [1.807, 2.05) is 31.2 Å². The molecule has 1 aromatic carbocycles. The van der Waals surface area contributed by atoms with E-state index in [1.54, 1.807) is 0 Å². The van der Waals surface area contributed by atoms with Crippen molar-refractivity contribution in [1.29, 1.82) is 0 Å². The van der Waals surface area contributed by atoms with Gasteiger partial charge in [-0.2, -0.15) is 0 Å². The van der Waals surface area contributed by atoms with Crippen LogP contribution in [0, 0.1) is 6.92 Å². The molecule has 2 aliphatic heterocycles. The molecule has 1 saturated heterocycles. The standard InChI is InChI=1S/C19H22N4O4/c1-13-8-18(23-4-6-25-7-5-23)22-17(21-13)11-20-19(24)10-14-2-3-15-16(9-14)27-12-26-15/h2-3,8-9H,4-7,10-12H2,1H3,(H,20,24). The first-order valence-electron chi connectivity index (χ1n) is 9.00. The number of ether oxygens (including phenoxy) is 3. The molecule has 0 aliphatic carbocycles. The van der Waals surface area contributed by atoms with E-state index in [9.17, 15) is 4.79 Å². The fourth-order valence-corrected chi connectivity index (χ4v) is 3.12. The van der Waals surface area contributed by atoms with Gasteiger partial charge < -0.3 is 24.4 Å². The molecule has 0 saturated carbocycles. The predicted molar refractivity (Wildman–Crippen MR) is 97.9 cm³/mol. The molecule has 1 N–H and O–H groups in total. The highest BCUT2D eigenvalue weighted by Gasteiger charge is 2.16. The third-order valence-electron chi connectivity index (χ3n) is 4.47. The number of anilines is 1. The normalized spacial score (nSPS) is 15.7. The van der Waals surface area contributed by atoms with Gasteiger partial charge in [-0.3, -0.25) is 4.79 Å². The number of rotatable bonds is 5. The highest BCUT2D eigenvalue weighted by molar-refractivity contribution is 5.78. The van der Waals surface area contributed by atoms with Gasteiger partial charge in [0.2, 0.25) is 12.7 Å². The fourth-order valence-electron chi connectivity index (χ4n) is 3.12. The molecule has 0 unspecified atom stereocenters. The number of morpholine rings is 1. The Balaban J connectivity index is 1.36. The van der Waals surface area contributed by atoms with Crippen LogP contribution in [0.4, 0.5) is 5.82 Å². The van der Waals surface area contributed by atoms with Crippen LogP contribution in [-0.4, -0.2) is 49.0 Å². The number of hydrogen-bond acceptors (Lipinski definition) is 7. The summed E-state index contributed by atoms with van der Waals surface area (Å²) < 4.78 is 16.0. The number of aromatic nitrogens is 2. The molecule has 0 spiro atoms. The number of fused-ring (bicyclic) bond motifs is 1. The molecule has 3 heterocycles. The molecule has 8 heteroatoms. The minimum Gasteiger partial charge on any atom is -0.454 e. The minimum absolute atomic E-state index is 0.0908. The maximum atomic E-state index is 12.3. The van der Waals surface area contributed by atoms with Crippen LogP contribution in [-0.2, 0) is 22.5 Å². The van der Waals surface area contributed by atoms with E-state index in [0.717, 1.165) is 30.2 Å². The smallest absolute Gasteiger partial charge is 0.231 e. The predicted octanol–water partition coefficient (Wildman–Crippen LogP) is 1.21. The molecule has 0 radical (unpaired) electrons. The number of hydrogen-bond donors (Lipinski definition) is 1. The number of aryl methyl sites for hydroxylation is 1. The van der Waals surface area contributed by atoms with Gasteiger partial charge in [0.05, 0.1) is 26.2 Å². The highest BCUT2D eigenvalue weighted by Crippen LogP contribution is 2.32. The fraction of sp³-hybridized carbons (Fsp3) is 0.421. The van der Waals surface area contributed by atoms with E-state index in [1.165, 1.54) is 0 Å². The maximum Gasteiger partial charge on any atom is 0.231 e. The molecule has 8 nitrogen and oxygen atoms in total. The Bertz CT molecular complexity index is 836. The van der Waals surface area contributed by atoms with Crippen LogP contribution >= 0.6 is 0 Å². The first kappa shape index (κ1) is 17.5. The summed E-state index contributed by atoms with van der Waals surface area (Å²) in [7, 11) is 0. The summed E-state index contributed by atoms with van der Waals surface area (Å²) in [6, 6.07) is 7.49. The number of nitrogens with one attached hydrogen (secondary N) is 1. The van der Waals surface area contributed by atoms with Crippen molar-refractivity contribution >= 4 is 11.7 Å². The molecular weight excluding hydrogens is 348 g/mol. The molecule has 27 heavy (non-hydrogen) atoms. The van der Waals surface area contributed by atoms with E-state index in [0.29, 0.717) is 37.1 Å². The largest absolute Gasteiger partial charge is 0.454 e. The lowest BCUT2D eigenvalue weighted by Crippen LogP contribution is -2.37. The average molecular weight is 370 g/mol. The molecule has 0 atom stereocenters. The second-order valence-corrected chi connectivity index (χ2v) is 6.52. The van der Waals surface area contributed by atoms with Gasteiger partial charge in [-0.05, 0) is 24.6 Å². The molecule has 2 aliphatic rings.